The molecule has 1 unspecified atom stereocenters. The molecule has 0 radical (unpaired) electrons. The zero-order chi connectivity index (χ0) is 16.5. The van der Waals surface area contributed by atoms with Crippen LogP contribution in [0.1, 0.15) is 35.6 Å². The Morgan fingerprint density at radius 2 is 2.00 bits per heavy atom. The molecule has 1 fully saturated rings. The molecule has 3 aromatic rings. The second-order valence-corrected chi connectivity index (χ2v) is 6.10. The van der Waals surface area contributed by atoms with Gasteiger partial charge in [0.1, 0.15) is 17.4 Å². The first-order chi connectivity index (χ1) is 11.7. The lowest BCUT2D eigenvalue weighted by atomic mass is 10.2. The van der Waals surface area contributed by atoms with Crippen molar-refractivity contribution in [3.63, 3.8) is 0 Å². The molecule has 124 valence electrons. The molecule has 0 N–H and O–H groups in total. The Morgan fingerprint density at radius 3 is 2.75 bits per heavy atom. The monoisotopic (exact) mass is 324 g/mol. The fourth-order valence-electron chi connectivity index (χ4n) is 3.05. The van der Waals surface area contributed by atoms with Gasteiger partial charge >= 0.3 is 0 Å². The average molecular weight is 324 g/mol. The molecule has 0 spiro atoms. The summed E-state index contributed by atoms with van der Waals surface area (Å²) >= 11 is 0. The molecule has 24 heavy (non-hydrogen) atoms. The Morgan fingerprint density at radius 1 is 1.17 bits per heavy atom. The van der Waals surface area contributed by atoms with Crippen LogP contribution in [-0.4, -0.2) is 33.0 Å². The zero-order valence-corrected chi connectivity index (χ0v) is 13.9. The van der Waals surface area contributed by atoms with E-state index < -0.39 is 0 Å². The highest BCUT2D eigenvalue weighted by atomic mass is 16.5. The summed E-state index contributed by atoms with van der Waals surface area (Å²) in [6, 6.07) is 10.2. The minimum atomic E-state index is 0.266. The van der Waals surface area contributed by atoms with Crippen LogP contribution in [0.2, 0.25) is 0 Å². The lowest BCUT2D eigenvalue weighted by Crippen LogP contribution is -2.14. The highest BCUT2D eigenvalue weighted by Crippen LogP contribution is 2.25. The van der Waals surface area contributed by atoms with Crippen LogP contribution in [0.4, 0.5) is 0 Å². The van der Waals surface area contributed by atoms with Crippen molar-refractivity contribution in [2.45, 2.75) is 32.7 Å². The van der Waals surface area contributed by atoms with Crippen LogP contribution in [0.25, 0.3) is 11.5 Å². The van der Waals surface area contributed by atoms with E-state index in [-0.39, 0.29) is 6.04 Å². The van der Waals surface area contributed by atoms with Crippen LogP contribution in [0.15, 0.2) is 34.7 Å². The summed E-state index contributed by atoms with van der Waals surface area (Å²) in [7, 11) is 0. The number of hydrogen-bond donors (Lipinski definition) is 0. The van der Waals surface area contributed by atoms with Crippen molar-refractivity contribution >= 4 is 0 Å². The second kappa shape index (κ2) is 6.20. The number of oxazole rings is 1. The molecule has 6 nitrogen and oxygen atoms in total. The molecule has 4 rings (SSSR count). The van der Waals surface area contributed by atoms with E-state index in [1.54, 1.807) is 0 Å². The predicted molar refractivity (Wildman–Crippen MR) is 88.7 cm³/mol. The summed E-state index contributed by atoms with van der Waals surface area (Å²) < 4.78 is 13.3. The van der Waals surface area contributed by atoms with E-state index in [0.29, 0.717) is 18.9 Å². The van der Waals surface area contributed by atoms with Crippen molar-refractivity contribution in [2.24, 2.45) is 0 Å². The van der Waals surface area contributed by atoms with Gasteiger partial charge in [0, 0.05) is 12.2 Å². The Kier molecular flexibility index (Phi) is 3.90. The lowest BCUT2D eigenvalue weighted by Gasteiger charge is -2.10. The molecule has 1 aromatic carbocycles. The maximum absolute atomic E-state index is 5.85. The Bertz CT molecular complexity index is 832. The molecule has 1 saturated heterocycles. The van der Waals surface area contributed by atoms with Gasteiger partial charge in [-0.15, -0.1) is 0 Å². The first-order valence-corrected chi connectivity index (χ1v) is 8.22. The minimum absolute atomic E-state index is 0.266. The van der Waals surface area contributed by atoms with Gasteiger partial charge in [0.05, 0.1) is 24.8 Å². The van der Waals surface area contributed by atoms with Crippen molar-refractivity contribution in [3.05, 3.63) is 53.4 Å². The largest absolute Gasteiger partial charge is 0.441 e. The molecule has 1 aliphatic heterocycles. The standard InChI is InChI=1S/C18H20N4O2/c1-12-16(20-18(24-12)14-6-4-3-5-7-14)10-17-19-13(2)21-22(17)15-8-9-23-11-15/h3-7,15H,8-11H2,1-2H3. The van der Waals surface area contributed by atoms with Gasteiger partial charge in [-0.3, -0.25) is 0 Å². The van der Waals surface area contributed by atoms with Crippen LogP contribution < -0.4 is 0 Å². The van der Waals surface area contributed by atoms with Gasteiger partial charge in [-0.25, -0.2) is 14.6 Å². The average Bonchev–Trinajstić information content (AvgIpc) is 3.30. The number of aromatic nitrogens is 4. The molecule has 3 heterocycles. The fourth-order valence-corrected chi connectivity index (χ4v) is 3.05. The molecule has 1 aliphatic rings. The van der Waals surface area contributed by atoms with E-state index in [1.807, 2.05) is 48.9 Å². The van der Waals surface area contributed by atoms with E-state index in [4.69, 9.17) is 9.15 Å². The van der Waals surface area contributed by atoms with Crippen LogP contribution in [0.5, 0.6) is 0 Å². The lowest BCUT2D eigenvalue weighted by molar-refractivity contribution is 0.184. The van der Waals surface area contributed by atoms with Crippen LogP contribution in [-0.2, 0) is 11.2 Å². The van der Waals surface area contributed by atoms with Gasteiger partial charge in [-0.2, -0.15) is 5.10 Å². The van der Waals surface area contributed by atoms with Crippen molar-refractivity contribution in [1.29, 1.82) is 0 Å². The number of benzene rings is 1. The van der Waals surface area contributed by atoms with E-state index in [9.17, 15) is 0 Å². The van der Waals surface area contributed by atoms with E-state index in [2.05, 4.69) is 15.1 Å². The first-order valence-electron chi connectivity index (χ1n) is 8.22. The van der Waals surface area contributed by atoms with E-state index >= 15 is 0 Å². The molecule has 0 saturated carbocycles. The van der Waals surface area contributed by atoms with Gasteiger partial charge in [-0.05, 0) is 32.4 Å². The van der Waals surface area contributed by atoms with Gasteiger partial charge in [0.25, 0.3) is 0 Å². The van der Waals surface area contributed by atoms with E-state index in [0.717, 1.165) is 41.7 Å². The number of aryl methyl sites for hydroxylation is 2. The second-order valence-electron chi connectivity index (χ2n) is 6.10. The number of hydrogen-bond acceptors (Lipinski definition) is 5. The zero-order valence-electron chi connectivity index (χ0n) is 13.9. The van der Waals surface area contributed by atoms with Crippen molar-refractivity contribution < 1.29 is 9.15 Å². The third-order valence-electron chi connectivity index (χ3n) is 4.30. The summed E-state index contributed by atoms with van der Waals surface area (Å²) in [5.74, 6) is 3.17. The van der Waals surface area contributed by atoms with E-state index in [1.165, 1.54) is 0 Å². The quantitative estimate of drug-likeness (QED) is 0.738. The third kappa shape index (κ3) is 2.85. The summed E-state index contributed by atoms with van der Waals surface area (Å²) in [6.07, 6.45) is 1.59. The summed E-state index contributed by atoms with van der Waals surface area (Å²) in [6.45, 7) is 5.34. The van der Waals surface area contributed by atoms with Crippen molar-refractivity contribution in [1.82, 2.24) is 19.7 Å². The number of ether oxygens (including phenoxy) is 1. The normalized spacial score (nSPS) is 17.5. The molecular weight excluding hydrogens is 304 g/mol. The molecule has 0 bridgehead atoms. The third-order valence-corrected chi connectivity index (χ3v) is 4.30. The smallest absolute Gasteiger partial charge is 0.226 e. The topological polar surface area (TPSA) is 66.0 Å². The highest BCUT2D eigenvalue weighted by Gasteiger charge is 2.23. The molecular formula is C18H20N4O2. The molecule has 1 atom stereocenters. The van der Waals surface area contributed by atoms with Crippen LogP contribution in [0, 0.1) is 13.8 Å². The highest BCUT2D eigenvalue weighted by molar-refractivity contribution is 5.53. The summed E-state index contributed by atoms with van der Waals surface area (Å²) in [4.78, 5) is 9.26. The first kappa shape index (κ1) is 15.1. The van der Waals surface area contributed by atoms with Crippen LogP contribution in [0.3, 0.4) is 0 Å². The SMILES string of the molecule is Cc1nc(Cc2nc(-c3ccccc3)oc2C)n(C2CCOC2)n1. The Hall–Kier alpha value is -2.47. The molecule has 0 amide bonds. The minimum Gasteiger partial charge on any atom is -0.441 e. The summed E-state index contributed by atoms with van der Waals surface area (Å²) in [5.41, 5.74) is 1.88. The van der Waals surface area contributed by atoms with Crippen molar-refractivity contribution in [2.75, 3.05) is 13.2 Å². The molecule has 6 heteroatoms. The number of rotatable bonds is 4. The Labute approximate surface area is 140 Å². The van der Waals surface area contributed by atoms with Crippen molar-refractivity contribution in [3.8, 4) is 11.5 Å². The maximum atomic E-state index is 5.85. The maximum Gasteiger partial charge on any atom is 0.226 e. The fraction of sp³-hybridized carbons (Fsp3) is 0.389. The van der Waals surface area contributed by atoms with Gasteiger partial charge in [0.2, 0.25) is 5.89 Å². The van der Waals surface area contributed by atoms with Crippen LogP contribution >= 0.6 is 0 Å². The van der Waals surface area contributed by atoms with Gasteiger partial charge in [0.15, 0.2) is 0 Å². The summed E-state index contributed by atoms with van der Waals surface area (Å²) in [5, 5.41) is 4.55. The predicted octanol–water partition coefficient (Wildman–Crippen LogP) is 3.10. The molecule has 2 aromatic heterocycles. The van der Waals surface area contributed by atoms with Gasteiger partial charge in [-0.1, -0.05) is 18.2 Å². The molecule has 0 aliphatic carbocycles. The van der Waals surface area contributed by atoms with Gasteiger partial charge < -0.3 is 9.15 Å². The number of nitrogens with zero attached hydrogens (tertiary/aromatic N) is 4. The Balaban J connectivity index is 1.63.